The van der Waals surface area contributed by atoms with Crippen molar-refractivity contribution in [3.05, 3.63) is 45.7 Å². The van der Waals surface area contributed by atoms with E-state index in [1.165, 1.54) is 39.3 Å². The number of ether oxygens (including phenoxy) is 4. The Morgan fingerprint density at radius 1 is 0.826 bits per heavy atom. The van der Waals surface area contributed by atoms with Gasteiger partial charge < -0.3 is 29.2 Å². The summed E-state index contributed by atoms with van der Waals surface area (Å²) in [6.07, 6.45) is 0.882. The van der Waals surface area contributed by atoms with Gasteiger partial charge in [-0.1, -0.05) is 6.92 Å². The highest BCUT2D eigenvalue weighted by atomic mass is 32.1. The molecule has 10 nitrogen and oxygen atoms in total. The number of carboxylic acid groups (broad SMARTS) is 2. The van der Waals surface area contributed by atoms with Crippen LogP contribution in [0.25, 0.3) is 20.2 Å². The normalized spacial score (nSPS) is 16.5. The lowest BCUT2D eigenvalue weighted by Gasteiger charge is -2.31. The van der Waals surface area contributed by atoms with Gasteiger partial charge in [0.25, 0.3) is 0 Å². The molecular weight excluding hydrogens is 646 g/mol. The van der Waals surface area contributed by atoms with Gasteiger partial charge in [-0.25, -0.2) is 8.78 Å². The standard InChI is InChI=1S/C32H30F2O10S2/c1-14(31(37)38)9-19(35)24-10-17-22(45-24)12-20(41-2)29(26(17)33)43-7-4-8-44-30-21(42-3)13-23-18(27(30)34)11-25(46-23)28(36)15-5-6-16(15)32(39)40/h10-16H,4-9H2,1-3H3,(H,37,38)(H,39,40)/t14?,15-,16-/m1/s1. The lowest BCUT2D eigenvalue weighted by Crippen LogP contribution is -2.37. The average Bonchev–Trinajstić information content (AvgIpc) is 3.63. The zero-order valence-electron chi connectivity index (χ0n) is 25.0. The van der Waals surface area contributed by atoms with E-state index in [0.29, 0.717) is 22.2 Å². The second-order valence-corrected chi connectivity index (χ2v) is 13.1. The van der Waals surface area contributed by atoms with Crippen LogP contribution in [0.5, 0.6) is 23.0 Å². The summed E-state index contributed by atoms with van der Waals surface area (Å²) in [5.74, 6) is -6.71. The van der Waals surface area contributed by atoms with Crippen LogP contribution in [0.4, 0.5) is 8.78 Å². The van der Waals surface area contributed by atoms with E-state index in [9.17, 15) is 24.3 Å². The Labute approximate surface area is 269 Å². The fourth-order valence-electron chi connectivity index (χ4n) is 5.19. The van der Waals surface area contributed by atoms with Crippen LogP contribution < -0.4 is 18.9 Å². The molecule has 0 radical (unpaired) electrons. The van der Waals surface area contributed by atoms with E-state index in [2.05, 4.69) is 0 Å². The van der Waals surface area contributed by atoms with Gasteiger partial charge in [-0.05, 0) is 25.0 Å². The van der Waals surface area contributed by atoms with Crippen molar-refractivity contribution >= 4 is 66.4 Å². The molecule has 46 heavy (non-hydrogen) atoms. The van der Waals surface area contributed by atoms with Crippen molar-refractivity contribution in [1.29, 1.82) is 0 Å². The fraction of sp³-hybridized carbons (Fsp3) is 0.375. The Bertz CT molecular complexity index is 1850. The minimum atomic E-state index is -1.10. The summed E-state index contributed by atoms with van der Waals surface area (Å²) in [5, 5.41) is 18.7. The molecule has 2 aromatic heterocycles. The molecule has 1 unspecified atom stereocenters. The van der Waals surface area contributed by atoms with Crippen LogP contribution in [0.15, 0.2) is 24.3 Å². The third-order valence-electron chi connectivity index (χ3n) is 7.95. The first kappa shape index (κ1) is 33.1. The highest BCUT2D eigenvalue weighted by Gasteiger charge is 2.42. The maximum atomic E-state index is 15.6. The lowest BCUT2D eigenvalue weighted by atomic mass is 9.71. The van der Waals surface area contributed by atoms with Gasteiger partial charge in [0.05, 0.1) is 49.0 Å². The number of fused-ring (bicyclic) bond motifs is 2. The Morgan fingerprint density at radius 3 is 1.78 bits per heavy atom. The van der Waals surface area contributed by atoms with Crippen molar-refractivity contribution in [1.82, 2.24) is 0 Å². The van der Waals surface area contributed by atoms with Crippen molar-refractivity contribution in [3.8, 4) is 23.0 Å². The highest BCUT2D eigenvalue weighted by molar-refractivity contribution is 7.21. The fourth-order valence-corrected chi connectivity index (χ4v) is 7.32. The second-order valence-electron chi connectivity index (χ2n) is 10.9. The molecule has 3 atom stereocenters. The van der Waals surface area contributed by atoms with E-state index in [4.69, 9.17) is 24.1 Å². The predicted octanol–water partition coefficient (Wildman–Crippen LogP) is 6.85. The van der Waals surface area contributed by atoms with Gasteiger partial charge in [0.2, 0.25) is 0 Å². The van der Waals surface area contributed by atoms with Crippen LogP contribution in [0.2, 0.25) is 0 Å². The third kappa shape index (κ3) is 6.36. The largest absolute Gasteiger partial charge is 0.493 e. The molecule has 0 amide bonds. The van der Waals surface area contributed by atoms with Gasteiger partial charge in [-0.15, -0.1) is 22.7 Å². The third-order valence-corrected chi connectivity index (χ3v) is 10.2. The number of hydrogen-bond donors (Lipinski definition) is 2. The maximum absolute atomic E-state index is 15.6. The van der Waals surface area contributed by atoms with Crippen molar-refractivity contribution in [2.75, 3.05) is 27.4 Å². The molecule has 2 heterocycles. The summed E-state index contributed by atoms with van der Waals surface area (Å²) >= 11 is 2.09. The number of carboxylic acids is 2. The van der Waals surface area contributed by atoms with Gasteiger partial charge in [0.15, 0.2) is 46.2 Å². The molecular formula is C32H30F2O10S2. The summed E-state index contributed by atoms with van der Waals surface area (Å²) < 4.78 is 54.0. The van der Waals surface area contributed by atoms with Gasteiger partial charge in [-0.2, -0.15) is 0 Å². The highest BCUT2D eigenvalue weighted by Crippen LogP contribution is 2.44. The Morgan fingerprint density at radius 2 is 1.33 bits per heavy atom. The Hall–Kier alpha value is -4.30. The zero-order chi connectivity index (χ0) is 33.3. The molecule has 5 rings (SSSR count). The first-order valence-electron chi connectivity index (χ1n) is 14.3. The van der Waals surface area contributed by atoms with Crippen molar-refractivity contribution < 1.29 is 57.1 Å². The van der Waals surface area contributed by atoms with Gasteiger partial charge in [0, 0.05) is 51.1 Å². The molecule has 244 valence electrons. The van der Waals surface area contributed by atoms with Gasteiger partial charge in [-0.3, -0.25) is 19.2 Å². The number of rotatable bonds is 15. The lowest BCUT2D eigenvalue weighted by molar-refractivity contribution is -0.146. The van der Waals surface area contributed by atoms with E-state index >= 15 is 8.78 Å². The molecule has 0 aliphatic heterocycles. The quantitative estimate of drug-likeness (QED) is 0.101. The molecule has 2 N–H and O–H groups in total. The molecule has 4 aromatic rings. The number of aliphatic carboxylic acids is 2. The number of halogens is 2. The zero-order valence-corrected chi connectivity index (χ0v) is 26.6. The van der Waals surface area contributed by atoms with E-state index in [1.54, 1.807) is 6.07 Å². The summed E-state index contributed by atoms with van der Waals surface area (Å²) in [5.41, 5.74) is 0. The number of ketones is 2. The SMILES string of the molecule is COc1cc2sc(C(=O)CC(C)C(=O)O)cc2c(F)c1OCCCOc1c(OC)cc2sc(C(=O)[C@@H]3CC[C@H]3C(=O)O)cc2c1F. The van der Waals surface area contributed by atoms with Crippen molar-refractivity contribution in [2.45, 2.75) is 32.6 Å². The number of methoxy groups -OCH3 is 2. The summed E-state index contributed by atoms with van der Waals surface area (Å²) in [6.45, 7) is 1.34. The van der Waals surface area contributed by atoms with Crippen molar-refractivity contribution in [3.63, 3.8) is 0 Å². The number of thiophene rings is 2. The molecule has 2 aromatic carbocycles. The molecule has 1 fully saturated rings. The molecule has 0 spiro atoms. The van der Waals surface area contributed by atoms with E-state index in [1.807, 2.05) is 0 Å². The topological polar surface area (TPSA) is 146 Å². The van der Waals surface area contributed by atoms with Gasteiger partial charge in [0.1, 0.15) is 0 Å². The number of hydrogen-bond acceptors (Lipinski definition) is 10. The van der Waals surface area contributed by atoms with Gasteiger partial charge >= 0.3 is 11.9 Å². The van der Waals surface area contributed by atoms with E-state index < -0.39 is 47.1 Å². The predicted molar refractivity (Wildman–Crippen MR) is 166 cm³/mol. The summed E-state index contributed by atoms with van der Waals surface area (Å²) in [6, 6.07) is 5.87. The molecule has 0 saturated heterocycles. The van der Waals surface area contributed by atoms with Crippen LogP contribution in [-0.4, -0.2) is 61.2 Å². The molecule has 1 saturated carbocycles. The minimum Gasteiger partial charge on any atom is -0.493 e. The smallest absolute Gasteiger partial charge is 0.307 e. The number of carbonyl (C=O) groups is 4. The number of benzene rings is 2. The average molecular weight is 677 g/mol. The van der Waals surface area contributed by atoms with Crippen LogP contribution >= 0.6 is 22.7 Å². The van der Waals surface area contributed by atoms with Crippen LogP contribution in [0, 0.1) is 29.4 Å². The van der Waals surface area contributed by atoms with E-state index in [-0.39, 0.29) is 75.4 Å². The van der Waals surface area contributed by atoms with Crippen molar-refractivity contribution in [2.24, 2.45) is 17.8 Å². The Balaban J connectivity index is 1.26. The summed E-state index contributed by atoms with van der Waals surface area (Å²) in [4.78, 5) is 48.5. The first-order chi connectivity index (χ1) is 21.9. The molecule has 1 aliphatic carbocycles. The molecule has 14 heteroatoms. The number of carbonyl (C=O) groups excluding carboxylic acids is 2. The Kier molecular flexibility index (Phi) is 9.77. The van der Waals surface area contributed by atoms with Crippen LogP contribution in [-0.2, 0) is 9.59 Å². The maximum Gasteiger partial charge on any atom is 0.307 e. The van der Waals surface area contributed by atoms with E-state index in [0.717, 1.165) is 22.7 Å². The van der Waals surface area contributed by atoms with Crippen LogP contribution in [0.1, 0.15) is 52.0 Å². The van der Waals surface area contributed by atoms with Crippen LogP contribution in [0.3, 0.4) is 0 Å². The number of Topliss-reactive ketones (excluding diaryl/α,β-unsaturated/α-hetero) is 2. The summed E-state index contributed by atoms with van der Waals surface area (Å²) in [7, 11) is 2.69. The second kappa shape index (κ2) is 13.6. The minimum absolute atomic E-state index is 0.0396. The first-order valence-corrected chi connectivity index (χ1v) is 16.0. The molecule has 1 aliphatic rings. The molecule has 0 bridgehead atoms. The monoisotopic (exact) mass is 676 g/mol.